The average Bonchev–Trinajstić information content (AvgIpc) is 2.68. The number of nitrogens with zero attached hydrogens (tertiary/aromatic N) is 1. The lowest BCUT2D eigenvalue weighted by atomic mass is 10.3. The molecule has 0 atom stereocenters. The summed E-state index contributed by atoms with van der Waals surface area (Å²) in [6.07, 6.45) is -0.907. The molecule has 0 amide bonds. The van der Waals surface area contributed by atoms with Crippen molar-refractivity contribution in [3.05, 3.63) is 33.8 Å². The summed E-state index contributed by atoms with van der Waals surface area (Å²) < 4.78 is 15.5. The summed E-state index contributed by atoms with van der Waals surface area (Å²) in [4.78, 5) is 22.7. The van der Waals surface area contributed by atoms with Gasteiger partial charge in [-0.25, -0.2) is 14.2 Å². The minimum absolute atomic E-state index is 0.0387. The third-order valence-corrected chi connectivity index (χ3v) is 2.63. The number of fused-ring (bicyclic) bond motifs is 1. The molecule has 0 saturated heterocycles. The first kappa shape index (κ1) is 13.8. The van der Waals surface area contributed by atoms with E-state index >= 15 is 0 Å². The Balaban J connectivity index is 2.14. The van der Waals surface area contributed by atoms with Crippen molar-refractivity contribution in [1.29, 1.82) is 0 Å². The lowest BCUT2D eigenvalue weighted by Crippen LogP contribution is -2.19. The average molecular weight is 306 g/mol. The number of rotatable bonds is 4. The molecule has 1 aromatic heterocycles. The summed E-state index contributed by atoms with van der Waals surface area (Å²) in [5, 5.41) is 0.441. The van der Waals surface area contributed by atoms with Gasteiger partial charge in [-0.1, -0.05) is 11.6 Å². The first-order valence-electron chi connectivity index (χ1n) is 5.26. The first-order valence-corrected chi connectivity index (χ1v) is 6.17. The van der Waals surface area contributed by atoms with Crippen LogP contribution in [0.5, 0.6) is 0 Å². The van der Waals surface area contributed by atoms with Crippen LogP contribution in [-0.4, -0.2) is 23.2 Å². The third-order valence-electron chi connectivity index (χ3n) is 2.24. The molecule has 0 saturated carbocycles. The summed E-state index contributed by atoms with van der Waals surface area (Å²) in [6, 6.07) is 4.69. The Morgan fingerprint density at radius 2 is 2.16 bits per heavy atom. The SMILES string of the molecule is O=C(OCCCl)OCn1c(=O)oc2cc(Cl)ccc21. The molecule has 0 radical (unpaired) electrons. The fraction of sp³-hybridized carbons (Fsp3) is 0.273. The first-order chi connectivity index (χ1) is 9.11. The Morgan fingerprint density at radius 3 is 2.89 bits per heavy atom. The van der Waals surface area contributed by atoms with Gasteiger partial charge in [0.2, 0.25) is 0 Å². The van der Waals surface area contributed by atoms with Gasteiger partial charge in [0.05, 0.1) is 11.4 Å². The lowest BCUT2D eigenvalue weighted by Gasteiger charge is -2.05. The summed E-state index contributed by atoms with van der Waals surface area (Å²) >= 11 is 11.1. The highest BCUT2D eigenvalue weighted by molar-refractivity contribution is 6.31. The van der Waals surface area contributed by atoms with Crippen LogP contribution in [0, 0.1) is 0 Å². The van der Waals surface area contributed by atoms with Gasteiger partial charge in [-0.05, 0) is 12.1 Å². The molecule has 0 aliphatic rings. The van der Waals surface area contributed by atoms with E-state index in [4.69, 9.17) is 32.4 Å². The highest BCUT2D eigenvalue weighted by Gasteiger charge is 2.12. The zero-order valence-electron chi connectivity index (χ0n) is 9.60. The van der Waals surface area contributed by atoms with E-state index < -0.39 is 11.9 Å². The van der Waals surface area contributed by atoms with E-state index in [0.29, 0.717) is 16.1 Å². The van der Waals surface area contributed by atoms with Crippen molar-refractivity contribution in [2.45, 2.75) is 6.73 Å². The molecule has 0 spiro atoms. The normalized spacial score (nSPS) is 10.6. The van der Waals surface area contributed by atoms with Crippen LogP contribution < -0.4 is 5.76 Å². The minimum atomic E-state index is -0.907. The molecule has 102 valence electrons. The van der Waals surface area contributed by atoms with E-state index in [2.05, 4.69) is 4.74 Å². The van der Waals surface area contributed by atoms with Gasteiger partial charge < -0.3 is 13.9 Å². The minimum Gasteiger partial charge on any atom is -0.433 e. The lowest BCUT2D eigenvalue weighted by molar-refractivity contribution is 0.0368. The van der Waals surface area contributed by atoms with Crippen LogP contribution in [0.4, 0.5) is 4.79 Å². The van der Waals surface area contributed by atoms with Crippen LogP contribution in [0.3, 0.4) is 0 Å². The molecule has 19 heavy (non-hydrogen) atoms. The third kappa shape index (κ3) is 3.21. The van der Waals surface area contributed by atoms with Crippen LogP contribution in [-0.2, 0) is 16.2 Å². The van der Waals surface area contributed by atoms with Gasteiger partial charge in [0, 0.05) is 11.1 Å². The fourth-order valence-electron chi connectivity index (χ4n) is 1.44. The molecular weight excluding hydrogens is 297 g/mol. The molecule has 0 aliphatic carbocycles. The molecule has 0 fully saturated rings. The Kier molecular flexibility index (Phi) is 4.34. The fourth-order valence-corrected chi connectivity index (χ4v) is 1.68. The van der Waals surface area contributed by atoms with Gasteiger partial charge in [0.1, 0.15) is 6.61 Å². The number of hydrogen-bond donors (Lipinski definition) is 0. The Hall–Kier alpha value is -1.66. The van der Waals surface area contributed by atoms with Crippen molar-refractivity contribution in [3.63, 3.8) is 0 Å². The second-order valence-electron chi connectivity index (χ2n) is 3.47. The number of hydrogen-bond acceptors (Lipinski definition) is 5. The predicted molar refractivity (Wildman–Crippen MR) is 68.6 cm³/mol. The summed E-state index contributed by atoms with van der Waals surface area (Å²) in [5.74, 6) is -0.482. The summed E-state index contributed by atoms with van der Waals surface area (Å²) in [7, 11) is 0. The summed E-state index contributed by atoms with van der Waals surface area (Å²) in [6.45, 7) is -0.272. The second-order valence-corrected chi connectivity index (χ2v) is 4.28. The van der Waals surface area contributed by atoms with Gasteiger partial charge >= 0.3 is 11.9 Å². The van der Waals surface area contributed by atoms with E-state index in [-0.39, 0.29) is 19.2 Å². The number of oxazole rings is 1. The number of carbonyl (C=O) groups excluding carboxylic acids is 1. The number of carbonyl (C=O) groups is 1. The van der Waals surface area contributed by atoms with Crippen molar-refractivity contribution < 1.29 is 18.7 Å². The van der Waals surface area contributed by atoms with Gasteiger partial charge in [-0.15, -0.1) is 11.6 Å². The monoisotopic (exact) mass is 305 g/mol. The van der Waals surface area contributed by atoms with E-state index in [0.717, 1.165) is 4.57 Å². The number of ether oxygens (including phenoxy) is 2. The van der Waals surface area contributed by atoms with Gasteiger partial charge in [-0.3, -0.25) is 0 Å². The number of halogens is 2. The van der Waals surface area contributed by atoms with Crippen LogP contribution >= 0.6 is 23.2 Å². The molecule has 8 heteroatoms. The Morgan fingerprint density at radius 1 is 1.37 bits per heavy atom. The zero-order chi connectivity index (χ0) is 13.8. The summed E-state index contributed by atoms with van der Waals surface area (Å²) in [5.41, 5.74) is 0.787. The number of alkyl halides is 1. The van der Waals surface area contributed by atoms with Crippen molar-refractivity contribution in [3.8, 4) is 0 Å². The molecule has 1 aromatic carbocycles. The van der Waals surface area contributed by atoms with E-state index in [1.165, 1.54) is 6.07 Å². The standard InChI is InChI=1S/C11H9Cl2NO5/c12-3-4-17-11(16)18-6-14-8-2-1-7(13)5-9(8)19-10(14)15/h1-2,5H,3-4,6H2. The van der Waals surface area contributed by atoms with E-state index in [1.54, 1.807) is 12.1 Å². The highest BCUT2D eigenvalue weighted by atomic mass is 35.5. The van der Waals surface area contributed by atoms with E-state index in [1.807, 2.05) is 0 Å². The molecular formula is C11H9Cl2NO5. The van der Waals surface area contributed by atoms with Crippen molar-refractivity contribution in [2.24, 2.45) is 0 Å². The number of aromatic nitrogens is 1. The van der Waals surface area contributed by atoms with Crippen LogP contribution in [0.1, 0.15) is 0 Å². The number of benzene rings is 1. The quantitative estimate of drug-likeness (QED) is 0.641. The maximum atomic E-state index is 11.6. The molecule has 0 N–H and O–H groups in total. The van der Waals surface area contributed by atoms with E-state index in [9.17, 15) is 9.59 Å². The molecule has 2 rings (SSSR count). The largest absolute Gasteiger partial charge is 0.510 e. The van der Waals surface area contributed by atoms with Crippen LogP contribution in [0.2, 0.25) is 5.02 Å². The van der Waals surface area contributed by atoms with Crippen molar-refractivity contribution >= 4 is 40.5 Å². The topological polar surface area (TPSA) is 70.7 Å². The Bertz CT molecular complexity index is 648. The van der Waals surface area contributed by atoms with Gasteiger partial charge in [-0.2, -0.15) is 0 Å². The van der Waals surface area contributed by atoms with Gasteiger partial charge in [0.15, 0.2) is 12.3 Å². The van der Waals surface area contributed by atoms with Crippen molar-refractivity contribution in [1.82, 2.24) is 4.57 Å². The maximum Gasteiger partial charge on any atom is 0.510 e. The van der Waals surface area contributed by atoms with Crippen LogP contribution in [0.25, 0.3) is 11.1 Å². The second kappa shape index (κ2) is 5.99. The molecule has 0 aliphatic heterocycles. The molecule has 1 heterocycles. The predicted octanol–water partition coefficient (Wildman–Crippen LogP) is 2.60. The highest BCUT2D eigenvalue weighted by Crippen LogP contribution is 2.18. The molecule has 0 unspecified atom stereocenters. The smallest absolute Gasteiger partial charge is 0.433 e. The molecule has 0 bridgehead atoms. The maximum absolute atomic E-state index is 11.6. The van der Waals surface area contributed by atoms with Crippen molar-refractivity contribution in [2.75, 3.05) is 12.5 Å². The van der Waals surface area contributed by atoms with Gasteiger partial charge in [0.25, 0.3) is 0 Å². The molecule has 6 nitrogen and oxygen atoms in total. The zero-order valence-corrected chi connectivity index (χ0v) is 11.1. The van der Waals surface area contributed by atoms with Crippen LogP contribution in [0.15, 0.2) is 27.4 Å². The molecule has 2 aromatic rings. The Labute approximate surface area is 117 Å².